The van der Waals surface area contributed by atoms with Crippen LogP contribution in [0.3, 0.4) is 0 Å². The highest BCUT2D eigenvalue weighted by atomic mass is 16.5. The molecule has 0 radical (unpaired) electrons. The molecular weight excluding hydrogens is 332 g/mol. The minimum absolute atomic E-state index is 0.0714. The molecule has 1 aliphatic heterocycles. The van der Waals surface area contributed by atoms with Crippen LogP contribution in [0.1, 0.15) is 30.9 Å². The van der Waals surface area contributed by atoms with Crippen molar-refractivity contribution in [3.05, 3.63) is 39.7 Å². The molecule has 2 aromatic rings. The first kappa shape index (κ1) is 18.5. The van der Waals surface area contributed by atoms with Crippen LogP contribution in [0.15, 0.2) is 27.4 Å². The van der Waals surface area contributed by atoms with Crippen molar-refractivity contribution >= 4 is 16.9 Å². The lowest BCUT2D eigenvalue weighted by molar-refractivity contribution is -0.131. The summed E-state index contributed by atoms with van der Waals surface area (Å²) in [7, 11) is 1.57. The number of ether oxygens (including phenoxy) is 1. The fourth-order valence-electron chi connectivity index (χ4n) is 3.83. The summed E-state index contributed by atoms with van der Waals surface area (Å²) in [5.74, 6) is 1.08. The largest absolute Gasteiger partial charge is 0.497 e. The van der Waals surface area contributed by atoms with Gasteiger partial charge >= 0.3 is 5.63 Å². The van der Waals surface area contributed by atoms with Crippen LogP contribution in [0.4, 0.5) is 0 Å². The van der Waals surface area contributed by atoms with Gasteiger partial charge in [0.2, 0.25) is 5.91 Å². The fraction of sp³-hybridized carbons (Fsp3) is 0.500. The number of carbonyl (C=O) groups excluding carboxylic acids is 1. The first-order valence-electron chi connectivity index (χ1n) is 9.04. The van der Waals surface area contributed by atoms with Crippen LogP contribution < -0.4 is 16.1 Å². The molecule has 3 rings (SSSR count). The van der Waals surface area contributed by atoms with Crippen LogP contribution >= 0.6 is 0 Å². The van der Waals surface area contributed by atoms with Gasteiger partial charge in [0.1, 0.15) is 11.3 Å². The lowest BCUT2D eigenvalue weighted by Gasteiger charge is -2.21. The third-order valence-corrected chi connectivity index (χ3v) is 5.40. The lowest BCUT2D eigenvalue weighted by Crippen LogP contribution is -2.34. The van der Waals surface area contributed by atoms with Crippen molar-refractivity contribution in [3.8, 4) is 5.75 Å². The van der Waals surface area contributed by atoms with Gasteiger partial charge in [-0.25, -0.2) is 4.79 Å². The molecule has 1 aromatic carbocycles. The van der Waals surface area contributed by atoms with Gasteiger partial charge < -0.3 is 19.8 Å². The number of amides is 1. The van der Waals surface area contributed by atoms with Gasteiger partial charge in [0.15, 0.2) is 0 Å². The van der Waals surface area contributed by atoms with Gasteiger partial charge in [0.25, 0.3) is 0 Å². The molecule has 140 valence electrons. The second-order valence-electron chi connectivity index (χ2n) is 7.09. The van der Waals surface area contributed by atoms with Crippen LogP contribution in [-0.4, -0.2) is 37.0 Å². The standard InChI is InChI=1S/C20H26N2O4/c1-12-8-14(10-21)11-22(12)19(23)7-6-17-13(2)16-5-4-15(25-3)9-18(16)26-20(17)24/h4-5,9,12,14H,6-8,10-11,21H2,1-3H3. The predicted octanol–water partition coefficient (Wildman–Crippen LogP) is 2.24. The third kappa shape index (κ3) is 3.46. The number of hydrogen-bond donors (Lipinski definition) is 1. The lowest BCUT2D eigenvalue weighted by atomic mass is 10.0. The molecular formula is C20H26N2O4. The maximum Gasteiger partial charge on any atom is 0.339 e. The molecule has 6 nitrogen and oxygen atoms in total. The normalized spacial score (nSPS) is 19.9. The Hall–Kier alpha value is -2.34. The highest BCUT2D eigenvalue weighted by molar-refractivity contribution is 5.83. The van der Waals surface area contributed by atoms with E-state index < -0.39 is 0 Å². The van der Waals surface area contributed by atoms with E-state index in [2.05, 4.69) is 6.92 Å². The van der Waals surface area contributed by atoms with Crippen molar-refractivity contribution < 1.29 is 13.9 Å². The van der Waals surface area contributed by atoms with E-state index in [1.54, 1.807) is 13.2 Å². The Balaban J connectivity index is 1.79. The molecule has 1 aromatic heterocycles. The van der Waals surface area contributed by atoms with Gasteiger partial charge in [-0.3, -0.25) is 4.79 Å². The van der Waals surface area contributed by atoms with Crippen LogP contribution in [-0.2, 0) is 11.2 Å². The zero-order chi connectivity index (χ0) is 18.8. The second kappa shape index (κ2) is 7.50. The number of methoxy groups -OCH3 is 1. The van der Waals surface area contributed by atoms with Crippen LogP contribution in [0.2, 0.25) is 0 Å². The van der Waals surface area contributed by atoms with E-state index >= 15 is 0 Å². The number of aryl methyl sites for hydroxylation is 1. The van der Waals surface area contributed by atoms with E-state index in [1.807, 2.05) is 24.0 Å². The Bertz CT molecular complexity index is 874. The maximum absolute atomic E-state index is 12.6. The SMILES string of the molecule is COc1ccc2c(C)c(CCC(=O)N3CC(CN)CC3C)c(=O)oc2c1. The smallest absolute Gasteiger partial charge is 0.339 e. The van der Waals surface area contributed by atoms with Gasteiger partial charge in [-0.2, -0.15) is 0 Å². The number of nitrogens with two attached hydrogens (primary N) is 1. The molecule has 1 saturated heterocycles. The molecule has 1 aliphatic rings. The Kier molecular flexibility index (Phi) is 5.32. The van der Waals surface area contributed by atoms with Gasteiger partial charge in [-0.1, -0.05) is 0 Å². The van der Waals surface area contributed by atoms with Crippen molar-refractivity contribution in [3.63, 3.8) is 0 Å². The molecule has 2 heterocycles. The van der Waals surface area contributed by atoms with Gasteiger partial charge in [0, 0.05) is 36.0 Å². The summed E-state index contributed by atoms with van der Waals surface area (Å²) in [5, 5.41) is 0.866. The number of hydrogen-bond acceptors (Lipinski definition) is 5. The molecule has 1 fully saturated rings. The Morgan fingerprint density at radius 1 is 1.42 bits per heavy atom. The van der Waals surface area contributed by atoms with E-state index in [0.29, 0.717) is 48.7 Å². The van der Waals surface area contributed by atoms with Gasteiger partial charge in [-0.05, 0) is 56.8 Å². The summed E-state index contributed by atoms with van der Waals surface area (Å²) in [4.78, 5) is 26.9. The zero-order valence-corrected chi connectivity index (χ0v) is 15.6. The maximum atomic E-state index is 12.6. The summed E-state index contributed by atoms with van der Waals surface area (Å²) in [5.41, 5.74) is 7.28. The first-order chi connectivity index (χ1) is 12.4. The van der Waals surface area contributed by atoms with Crippen LogP contribution in [0.5, 0.6) is 5.75 Å². The van der Waals surface area contributed by atoms with Crippen molar-refractivity contribution in [2.75, 3.05) is 20.2 Å². The molecule has 2 atom stereocenters. The summed E-state index contributed by atoms with van der Waals surface area (Å²) in [6.45, 7) is 5.26. The topological polar surface area (TPSA) is 85.8 Å². The van der Waals surface area contributed by atoms with Gasteiger partial charge in [-0.15, -0.1) is 0 Å². The molecule has 2 unspecified atom stereocenters. The zero-order valence-electron chi connectivity index (χ0n) is 15.6. The average Bonchev–Trinajstić information content (AvgIpc) is 3.01. The van der Waals surface area contributed by atoms with Crippen molar-refractivity contribution in [1.82, 2.24) is 4.90 Å². The number of rotatable bonds is 5. The Morgan fingerprint density at radius 3 is 2.85 bits per heavy atom. The summed E-state index contributed by atoms with van der Waals surface area (Å²) >= 11 is 0. The highest BCUT2D eigenvalue weighted by Gasteiger charge is 2.31. The van der Waals surface area contributed by atoms with E-state index in [4.69, 9.17) is 14.9 Å². The third-order valence-electron chi connectivity index (χ3n) is 5.40. The number of fused-ring (bicyclic) bond motifs is 1. The van der Waals surface area contributed by atoms with Crippen LogP contribution in [0, 0.1) is 12.8 Å². The van der Waals surface area contributed by atoms with Crippen LogP contribution in [0.25, 0.3) is 11.0 Å². The second-order valence-corrected chi connectivity index (χ2v) is 7.09. The molecule has 26 heavy (non-hydrogen) atoms. The summed E-state index contributed by atoms with van der Waals surface area (Å²) in [6, 6.07) is 5.63. The van der Waals surface area contributed by atoms with Gasteiger partial charge in [0.05, 0.1) is 7.11 Å². The Labute approximate surface area is 152 Å². The van der Waals surface area contributed by atoms with Crippen molar-refractivity contribution in [2.24, 2.45) is 11.7 Å². The number of benzene rings is 1. The first-order valence-corrected chi connectivity index (χ1v) is 9.04. The van der Waals surface area contributed by atoms with E-state index in [9.17, 15) is 9.59 Å². The predicted molar refractivity (Wildman–Crippen MR) is 100 cm³/mol. The molecule has 6 heteroatoms. The minimum Gasteiger partial charge on any atom is -0.497 e. The molecule has 0 saturated carbocycles. The Morgan fingerprint density at radius 2 is 2.19 bits per heavy atom. The highest BCUT2D eigenvalue weighted by Crippen LogP contribution is 2.26. The molecule has 0 spiro atoms. The molecule has 0 aliphatic carbocycles. The fourth-order valence-corrected chi connectivity index (χ4v) is 3.83. The van der Waals surface area contributed by atoms with E-state index in [0.717, 1.165) is 17.4 Å². The van der Waals surface area contributed by atoms with E-state index in [-0.39, 0.29) is 17.6 Å². The number of carbonyl (C=O) groups is 1. The minimum atomic E-state index is -0.384. The average molecular weight is 358 g/mol. The molecule has 2 N–H and O–H groups in total. The van der Waals surface area contributed by atoms with Crippen molar-refractivity contribution in [1.29, 1.82) is 0 Å². The number of nitrogens with zero attached hydrogens (tertiary/aromatic N) is 1. The number of likely N-dealkylation sites (tertiary alicyclic amines) is 1. The quantitative estimate of drug-likeness (QED) is 0.829. The summed E-state index contributed by atoms with van der Waals surface area (Å²) in [6.07, 6.45) is 1.63. The summed E-state index contributed by atoms with van der Waals surface area (Å²) < 4.78 is 10.6. The van der Waals surface area contributed by atoms with E-state index in [1.165, 1.54) is 0 Å². The monoisotopic (exact) mass is 358 g/mol. The van der Waals surface area contributed by atoms with Crippen molar-refractivity contribution in [2.45, 2.75) is 39.2 Å². The molecule has 1 amide bonds. The molecule has 0 bridgehead atoms.